The zero-order valence-corrected chi connectivity index (χ0v) is 12.3. The van der Waals surface area contributed by atoms with Gasteiger partial charge >= 0.3 is 0 Å². The van der Waals surface area contributed by atoms with Crippen molar-refractivity contribution in [3.63, 3.8) is 0 Å². The predicted octanol–water partition coefficient (Wildman–Crippen LogP) is 4.35. The molecule has 0 aliphatic carbocycles. The smallest absolute Gasteiger partial charge is 0.148 e. The first-order valence-electron chi connectivity index (χ1n) is 6.15. The number of hydrogen-bond acceptors (Lipinski definition) is 3. The molecule has 1 aromatic carbocycles. The van der Waals surface area contributed by atoms with E-state index in [9.17, 15) is 9.18 Å². The molecule has 0 saturated heterocycles. The minimum atomic E-state index is -0.260. The fourth-order valence-corrected chi connectivity index (χ4v) is 3.46. The van der Waals surface area contributed by atoms with E-state index in [-0.39, 0.29) is 11.6 Å². The fourth-order valence-electron chi connectivity index (χ4n) is 1.67. The van der Waals surface area contributed by atoms with E-state index in [0.717, 1.165) is 11.3 Å². The number of rotatable bonds is 6. The zero-order chi connectivity index (χ0) is 13.7. The lowest BCUT2D eigenvalue weighted by molar-refractivity contribution is -0.115. The molecule has 100 valence electrons. The summed E-state index contributed by atoms with van der Waals surface area (Å²) in [5.74, 6) is 0.197. The number of halogens is 1. The van der Waals surface area contributed by atoms with Crippen LogP contribution in [-0.4, -0.2) is 11.5 Å². The Labute approximate surface area is 120 Å². The van der Waals surface area contributed by atoms with Crippen molar-refractivity contribution in [1.82, 2.24) is 0 Å². The summed E-state index contributed by atoms with van der Waals surface area (Å²) >= 11 is 2.95. The predicted molar refractivity (Wildman–Crippen MR) is 79.5 cm³/mol. The summed E-state index contributed by atoms with van der Waals surface area (Å²) in [6.07, 6.45) is 1.45. The van der Waals surface area contributed by atoms with Crippen LogP contribution in [0.25, 0.3) is 0 Å². The molecule has 0 aliphatic rings. The monoisotopic (exact) mass is 294 g/mol. The van der Waals surface area contributed by atoms with Crippen molar-refractivity contribution in [2.45, 2.75) is 24.7 Å². The first-order chi connectivity index (χ1) is 9.19. The molecular weight excluding hydrogens is 279 g/mol. The zero-order valence-electron chi connectivity index (χ0n) is 10.7. The standard InChI is InChI=1S/C15H15FOS2/c1-2-12-7-8-13(19-12)9-11(17)10-18-15-6-4-3-5-14(15)16/h3-8H,2,9-10H2,1H3. The number of benzene rings is 1. The van der Waals surface area contributed by atoms with Crippen molar-refractivity contribution in [3.8, 4) is 0 Å². The molecule has 4 heteroatoms. The van der Waals surface area contributed by atoms with Gasteiger partial charge in [0, 0.05) is 21.1 Å². The molecule has 0 radical (unpaired) electrons. The number of thioether (sulfide) groups is 1. The van der Waals surface area contributed by atoms with Gasteiger partial charge in [0.25, 0.3) is 0 Å². The van der Waals surface area contributed by atoms with E-state index in [2.05, 4.69) is 13.0 Å². The summed E-state index contributed by atoms with van der Waals surface area (Å²) in [5.41, 5.74) is 0. The maximum absolute atomic E-state index is 13.4. The van der Waals surface area contributed by atoms with Crippen LogP contribution in [0.3, 0.4) is 0 Å². The highest BCUT2D eigenvalue weighted by atomic mass is 32.2. The Bertz CT molecular complexity index is 563. The van der Waals surface area contributed by atoms with Gasteiger partial charge in [-0.25, -0.2) is 4.39 Å². The first kappa shape index (κ1) is 14.3. The molecule has 0 bridgehead atoms. The van der Waals surface area contributed by atoms with Crippen molar-refractivity contribution in [2.24, 2.45) is 0 Å². The molecule has 0 atom stereocenters. The van der Waals surface area contributed by atoms with Crippen LogP contribution < -0.4 is 0 Å². The molecule has 0 unspecified atom stereocenters. The van der Waals surface area contributed by atoms with E-state index in [1.165, 1.54) is 22.7 Å². The lowest BCUT2D eigenvalue weighted by Crippen LogP contribution is -2.04. The maximum atomic E-state index is 13.4. The number of Topliss-reactive ketones (excluding diaryl/α,β-unsaturated/α-hetero) is 1. The lowest BCUT2D eigenvalue weighted by Gasteiger charge is -2.01. The van der Waals surface area contributed by atoms with Crippen LogP contribution in [0.15, 0.2) is 41.3 Å². The average Bonchev–Trinajstić information content (AvgIpc) is 2.85. The quantitative estimate of drug-likeness (QED) is 0.737. The third-order valence-corrected chi connectivity index (χ3v) is 5.00. The van der Waals surface area contributed by atoms with E-state index < -0.39 is 0 Å². The first-order valence-corrected chi connectivity index (χ1v) is 7.96. The van der Waals surface area contributed by atoms with Crippen molar-refractivity contribution in [3.05, 3.63) is 52.0 Å². The summed E-state index contributed by atoms with van der Waals surface area (Å²) < 4.78 is 13.4. The third kappa shape index (κ3) is 4.18. The Morgan fingerprint density at radius 2 is 1.95 bits per heavy atom. The molecule has 0 fully saturated rings. The van der Waals surface area contributed by atoms with Crippen LogP contribution in [0, 0.1) is 5.82 Å². The Kier molecular flexibility index (Phi) is 5.16. The molecule has 0 amide bonds. The number of hydrogen-bond donors (Lipinski definition) is 0. The van der Waals surface area contributed by atoms with Crippen LogP contribution in [0.5, 0.6) is 0 Å². The van der Waals surface area contributed by atoms with E-state index in [1.807, 2.05) is 6.07 Å². The maximum Gasteiger partial charge on any atom is 0.148 e. The molecule has 0 aliphatic heterocycles. The minimum absolute atomic E-state index is 0.137. The number of thiophene rings is 1. The summed E-state index contributed by atoms with van der Waals surface area (Å²) in [6, 6.07) is 10.6. The minimum Gasteiger partial charge on any atom is -0.298 e. The van der Waals surface area contributed by atoms with Gasteiger partial charge in [-0.2, -0.15) is 0 Å². The summed E-state index contributed by atoms with van der Waals surface area (Å²) in [6.45, 7) is 2.10. The van der Waals surface area contributed by atoms with E-state index >= 15 is 0 Å². The van der Waals surface area contributed by atoms with Gasteiger partial charge in [-0.1, -0.05) is 19.1 Å². The number of aryl methyl sites for hydroxylation is 1. The molecule has 2 aromatic rings. The highest BCUT2D eigenvalue weighted by Crippen LogP contribution is 2.23. The molecule has 1 heterocycles. The van der Waals surface area contributed by atoms with Crippen molar-refractivity contribution in [1.29, 1.82) is 0 Å². The Morgan fingerprint density at radius 3 is 2.63 bits per heavy atom. The van der Waals surface area contributed by atoms with Crippen molar-refractivity contribution < 1.29 is 9.18 Å². The van der Waals surface area contributed by atoms with Crippen LogP contribution in [0.2, 0.25) is 0 Å². The number of ketones is 1. The Balaban J connectivity index is 1.86. The highest BCUT2D eigenvalue weighted by molar-refractivity contribution is 8.00. The summed E-state index contributed by atoms with van der Waals surface area (Å²) in [7, 11) is 0. The topological polar surface area (TPSA) is 17.1 Å². The van der Waals surface area contributed by atoms with Gasteiger partial charge in [0.05, 0.1) is 5.75 Å². The second kappa shape index (κ2) is 6.87. The van der Waals surface area contributed by atoms with E-state index in [1.54, 1.807) is 29.5 Å². The number of carbonyl (C=O) groups excluding carboxylic acids is 1. The molecular formula is C15H15FOS2. The van der Waals surface area contributed by atoms with Gasteiger partial charge in [-0.05, 0) is 30.7 Å². The van der Waals surface area contributed by atoms with Gasteiger partial charge in [0.2, 0.25) is 0 Å². The molecule has 19 heavy (non-hydrogen) atoms. The molecule has 2 rings (SSSR count). The lowest BCUT2D eigenvalue weighted by atomic mass is 10.2. The van der Waals surface area contributed by atoms with Gasteiger partial charge in [0.1, 0.15) is 11.6 Å². The van der Waals surface area contributed by atoms with Gasteiger partial charge in [-0.3, -0.25) is 4.79 Å². The Hall–Kier alpha value is -1.13. The van der Waals surface area contributed by atoms with Gasteiger partial charge in [0.15, 0.2) is 0 Å². The average molecular weight is 294 g/mol. The van der Waals surface area contributed by atoms with Gasteiger partial charge in [-0.15, -0.1) is 23.1 Å². The SMILES string of the molecule is CCc1ccc(CC(=O)CSc2ccccc2F)s1. The summed E-state index contributed by atoms with van der Waals surface area (Å²) in [5, 5.41) is 0. The van der Waals surface area contributed by atoms with Gasteiger partial charge < -0.3 is 0 Å². The normalized spacial score (nSPS) is 10.6. The molecule has 0 spiro atoms. The van der Waals surface area contributed by atoms with E-state index in [4.69, 9.17) is 0 Å². The molecule has 0 saturated carbocycles. The van der Waals surface area contributed by atoms with Crippen molar-refractivity contribution in [2.75, 3.05) is 5.75 Å². The van der Waals surface area contributed by atoms with Crippen LogP contribution >= 0.6 is 23.1 Å². The highest BCUT2D eigenvalue weighted by Gasteiger charge is 2.09. The largest absolute Gasteiger partial charge is 0.298 e. The molecule has 1 aromatic heterocycles. The Morgan fingerprint density at radius 1 is 1.21 bits per heavy atom. The fraction of sp³-hybridized carbons (Fsp3) is 0.267. The summed E-state index contributed by atoms with van der Waals surface area (Å²) in [4.78, 5) is 14.8. The molecule has 1 nitrogen and oxygen atoms in total. The molecule has 0 N–H and O–H groups in total. The van der Waals surface area contributed by atoms with Crippen LogP contribution in [0.4, 0.5) is 4.39 Å². The van der Waals surface area contributed by atoms with Crippen LogP contribution in [-0.2, 0) is 17.6 Å². The second-order valence-electron chi connectivity index (χ2n) is 4.16. The third-order valence-electron chi connectivity index (χ3n) is 2.66. The number of carbonyl (C=O) groups is 1. The van der Waals surface area contributed by atoms with E-state index in [0.29, 0.717) is 17.1 Å². The second-order valence-corrected chi connectivity index (χ2v) is 6.43. The van der Waals surface area contributed by atoms with Crippen molar-refractivity contribution >= 4 is 28.9 Å². The van der Waals surface area contributed by atoms with Crippen LogP contribution in [0.1, 0.15) is 16.7 Å².